The third-order valence-corrected chi connectivity index (χ3v) is 6.62. The van der Waals surface area contributed by atoms with Gasteiger partial charge in [-0.15, -0.1) is 0 Å². The number of nitrogens with one attached hydrogen (secondary N) is 3. The van der Waals surface area contributed by atoms with Crippen molar-refractivity contribution in [2.24, 2.45) is 11.8 Å². The molecule has 0 aliphatic carbocycles. The average Bonchev–Trinajstić information content (AvgIpc) is 3.33. The van der Waals surface area contributed by atoms with E-state index in [4.69, 9.17) is 9.62 Å². The number of carbonyl (C=O) groups excluding carboxylic acids is 3. The first kappa shape index (κ1) is 29.1. The Hall–Kier alpha value is -3.18. The van der Waals surface area contributed by atoms with Crippen molar-refractivity contribution in [3.05, 3.63) is 36.1 Å². The summed E-state index contributed by atoms with van der Waals surface area (Å²) in [6.07, 6.45) is 3.33. The zero-order valence-electron chi connectivity index (χ0n) is 20.1. The lowest BCUT2D eigenvalue weighted by atomic mass is 9.84. The van der Waals surface area contributed by atoms with Crippen LogP contribution in [0.5, 0.6) is 5.75 Å². The molecule has 0 saturated heterocycles. The molecule has 0 aliphatic heterocycles. The number of carbonyl (C=O) groups is 3. The van der Waals surface area contributed by atoms with Crippen LogP contribution < -0.4 is 21.4 Å². The Morgan fingerprint density at radius 3 is 2.33 bits per heavy atom. The number of hydrogen-bond acceptors (Lipinski definition) is 7. The summed E-state index contributed by atoms with van der Waals surface area (Å²) in [7, 11) is -4.62. The van der Waals surface area contributed by atoms with E-state index in [9.17, 15) is 33.8 Å². The summed E-state index contributed by atoms with van der Waals surface area (Å²) in [5.74, 6) is -3.59. The van der Waals surface area contributed by atoms with E-state index < -0.39 is 42.5 Å². The van der Waals surface area contributed by atoms with E-state index in [0.29, 0.717) is 12.8 Å². The van der Waals surface area contributed by atoms with Crippen molar-refractivity contribution in [3.8, 4) is 17.1 Å². The molecule has 2 rings (SSSR count). The highest BCUT2D eigenvalue weighted by Crippen LogP contribution is 2.36. The maximum Gasteiger partial charge on any atom is 0.356 e. The van der Waals surface area contributed by atoms with E-state index >= 15 is 0 Å². The Morgan fingerprint density at radius 2 is 1.72 bits per heavy atom. The van der Waals surface area contributed by atoms with Crippen LogP contribution in [0.1, 0.15) is 56.5 Å². The Balaban J connectivity index is 2.04. The number of amides is 3. The number of benzene rings is 1. The molecule has 1 aromatic carbocycles. The third-order valence-electron chi connectivity index (χ3n) is 5.69. The summed E-state index contributed by atoms with van der Waals surface area (Å²) in [6.45, 7) is 3.51. The summed E-state index contributed by atoms with van der Waals surface area (Å²) < 4.78 is 17.0. The summed E-state index contributed by atoms with van der Waals surface area (Å²) in [5, 5.41) is 23.4. The molecule has 0 fully saturated rings. The van der Waals surface area contributed by atoms with Crippen LogP contribution in [0.15, 0.2) is 34.7 Å². The number of phenols is 1. The minimum Gasteiger partial charge on any atom is -0.508 e. The molecule has 0 spiro atoms. The number of phenolic OH excluding ortho intramolecular Hbond substituents is 1. The lowest BCUT2D eigenvalue weighted by molar-refractivity contribution is -0.140. The Kier molecular flexibility index (Phi) is 10.7. The summed E-state index contributed by atoms with van der Waals surface area (Å²) in [5.41, 5.74) is 1.76. The smallest absolute Gasteiger partial charge is 0.356 e. The van der Waals surface area contributed by atoms with Crippen LogP contribution >= 0.6 is 7.60 Å². The first-order valence-corrected chi connectivity index (χ1v) is 13.1. The normalized spacial score (nSPS) is 13.0. The van der Waals surface area contributed by atoms with E-state index in [-0.39, 0.29) is 29.5 Å². The van der Waals surface area contributed by atoms with Crippen molar-refractivity contribution in [2.45, 2.75) is 46.0 Å². The van der Waals surface area contributed by atoms with Gasteiger partial charge < -0.3 is 29.9 Å². The van der Waals surface area contributed by atoms with Crippen molar-refractivity contribution in [1.29, 1.82) is 0 Å². The number of unbranched alkanes of at least 4 members (excludes halogenated alkanes) is 2. The molecule has 0 bridgehead atoms. The predicted molar refractivity (Wildman–Crippen MR) is 129 cm³/mol. The first-order chi connectivity index (χ1) is 17.0. The minimum absolute atomic E-state index is 0.0894. The van der Waals surface area contributed by atoms with Gasteiger partial charge in [0.1, 0.15) is 11.5 Å². The molecule has 36 heavy (non-hydrogen) atoms. The van der Waals surface area contributed by atoms with Gasteiger partial charge in [0.15, 0.2) is 5.76 Å². The van der Waals surface area contributed by atoms with E-state index in [1.807, 2.05) is 6.92 Å². The highest BCUT2D eigenvalue weighted by molar-refractivity contribution is 7.60. The highest BCUT2D eigenvalue weighted by Gasteiger charge is 2.32. The fourth-order valence-corrected chi connectivity index (χ4v) is 4.42. The molecule has 198 valence electrons. The molecule has 2 aromatic rings. The van der Waals surface area contributed by atoms with Gasteiger partial charge in [-0.3, -0.25) is 24.2 Å². The Morgan fingerprint density at radius 1 is 1.00 bits per heavy atom. The minimum atomic E-state index is -4.62. The maximum absolute atomic E-state index is 12.8. The molecule has 13 heteroatoms. The van der Waals surface area contributed by atoms with Crippen molar-refractivity contribution >= 4 is 30.6 Å². The van der Waals surface area contributed by atoms with Crippen molar-refractivity contribution < 1.29 is 43.5 Å². The highest BCUT2D eigenvalue weighted by atomic mass is 31.2. The van der Waals surface area contributed by atoms with Crippen LogP contribution in [-0.4, -0.2) is 44.5 Å². The molecule has 1 aromatic heterocycles. The topological polar surface area (TPSA) is 198 Å². The fourth-order valence-electron chi connectivity index (χ4n) is 3.82. The fraction of sp³-hybridized carbons (Fsp3) is 0.435. The van der Waals surface area contributed by atoms with Crippen LogP contribution in [0, 0.1) is 11.8 Å². The summed E-state index contributed by atoms with van der Waals surface area (Å²) in [6, 6.07) is 6.04. The largest absolute Gasteiger partial charge is 0.508 e. The van der Waals surface area contributed by atoms with Crippen LogP contribution in [0.3, 0.4) is 0 Å². The van der Waals surface area contributed by atoms with Crippen molar-refractivity contribution in [1.82, 2.24) is 16.1 Å². The molecular weight excluding hydrogens is 493 g/mol. The predicted octanol–water partition coefficient (Wildman–Crippen LogP) is 1.99. The SMILES string of the molecule is CCCCC[C@@H](C(=O)NCNC(=O)c1ccc(-c2cc(O)cc(P(=O)(O)O)c2)o1)[C@@H](CC)C(=O)NO. The molecule has 0 radical (unpaired) electrons. The van der Waals surface area contributed by atoms with E-state index in [1.165, 1.54) is 18.2 Å². The number of furan rings is 1. The first-order valence-electron chi connectivity index (χ1n) is 11.5. The number of hydroxylamine groups is 1. The van der Waals surface area contributed by atoms with Crippen LogP contribution in [0.25, 0.3) is 11.3 Å². The van der Waals surface area contributed by atoms with Crippen LogP contribution in [0.2, 0.25) is 0 Å². The standard InChI is InChI=1S/C23H32N3O9P/c1-3-5-6-7-18(17(4-2)22(29)26-31)21(28)24-13-25-23(30)20-9-8-19(35-20)14-10-15(27)12-16(11-14)36(32,33)34/h8-12,17-18,27,31H,3-7,13H2,1-2H3,(H,24,28)(H,25,30)(H,26,29)(H2,32,33,34)/t17-,18-/m1/s1. The Bertz CT molecular complexity index is 1110. The maximum atomic E-state index is 12.8. The summed E-state index contributed by atoms with van der Waals surface area (Å²) >= 11 is 0. The Labute approximate surface area is 208 Å². The van der Waals surface area contributed by atoms with Crippen LogP contribution in [0.4, 0.5) is 0 Å². The number of rotatable bonds is 13. The summed E-state index contributed by atoms with van der Waals surface area (Å²) in [4.78, 5) is 56.0. The molecule has 1 heterocycles. The lowest BCUT2D eigenvalue weighted by Gasteiger charge is -2.24. The average molecular weight is 525 g/mol. The van der Waals surface area contributed by atoms with Gasteiger partial charge in [0.05, 0.1) is 17.9 Å². The second-order valence-electron chi connectivity index (χ2n) is 8.26. The van der Waals surface area contributed by atoms with E-state index in [0.717, 1.165) is 31.4 Å². The zero-order valence-corrected chi connectivity index (χ0v) is 21.0. The monoisotopic (exact) mass is 525 g/mol. The molecule has 12 nitrogen and oxygen atoms in total. The number of aromatic hydroxyl groups is 1. The van der Waals surface area contributed by atoms with E-state index in [1.54, 1.807) is 12.4 Å². The van der Waals surface area contributed by atoms with E-state index in [2.05, 4.69) is 10.6 Å². The van der Waals surface area contributed by atoms with Gasteiger partial charge in [-0.1, -0.05) is 33.1 Å². The third kappa shape index (κ3) is 7.92. The molecule has 7 N–H and O–H groups in total. The van der Waals surface area contributed by atoms with Crippen molar-refractivity contribution in [2.75, 3.05) is 6.67 Å². The molecule has 2 atom stereocenters. The molecule has 0 unspecified atom stereocenters. The van der Waals surface area contributed by atoms with Gasteiger partial charge in [0, 0.05) is 11.5 Å². The van der Waals surface area contributed by atoms with Crippen molar-refractivity contribution in [3.63, 3.8) is 0 Å². The molecule has 3 amide bonds. The second-order valence-corrected chi connectivity index (χ2v) is 9.87. The van der Waals surface area contributed by atoms with Crippen LogP contribution in [-0.2, 0) is 14.2 Å². The van der Waals surface area contributed by atoms with Gasteiger partial charge in [-0.25, -0.2) is 5.48 Å². The molecular formula is C23H32N3O9P. The van der Waals surface area contributed by atoms with Gasteiger partial charge in [-0.2, -0.15) is 0 Å². The lowest BCUT2D eigenvalue weighted by Crippen LogP contribution is -2.44. The molecule has 0 saturated carbocycles. The van der Waals surface area contributed by atoms with Gasteiger partial charge in [0.25, 0.3) is 5.91 Å². The van der Waals surface area contributed by atoms with Gasteiger partial charge >= 0.3 is 7.60 Å². The molecule has 0 aliphatic rings. The second kappa shape index (κ2) is 13.2. The van der Waals surface area contributed by atoms with Gasteiger partial charge in [0.2, 0.25) is 11.8 Å². The zero-order chi connectivity index (χ0) is 26.9. The number of hydrogen-bond donors (Lipinski definition) is 7. The van der Waals surface area contributed by atoms with Gasteiger partial charge in [-0.05, 0) is 43.2 Å². The quantitative estimate of drug-likeness (QED) is 0.0672.